The van der Waals surface area contributed by atoms with Crippen molar-refractivity contribution in [3.8, 4) is 0 Å². The zero-order valence-electron chi connectivity index (χ0n) is 9.08. The van der Waals surface area contributed by atoms with E-state index < -0.39 is 0 Å². The first-order chi connectivity index (χ1) is 5.97. The Labute approximate surface area is 80.7 Å². The van der Waals surface area contributed by atoms with Gasteiger partial charge in [-0.05, 0) is 25.9 Å². The second kappa shape index (κ2) is 3.66. The summed E-state index contributed by atoms with van der Waals surface area (Å²) in [6.07, 6.45) is 2.05. The van der Waals surface area contributed by atoms with E-state index in [0.717, 1.165) is 25.9 Å². The number of hydrogen-bond acceptors (Lipinski definition) is 2. The molecule has 1 aliphatic heterocycles. The summed E-state index contributed by atoms with van der Waals surface area (Å²) in [6.45, 7) is 6.23. The van der Waals surface area contributed by atoms with Crippen LogP contribution in [0, 0.1) is 5.41 Å². The van der Waals surface area contributed by atoms with Crippen molar-refractivity contribution in [3.05, 3.63) is 0 Å². The Kier molecular flexibility index (Phi) is 2.96. The van der Waals surface area contributed by atoms with Gasteiger partial charge in [-0.3, -0.25) is 4.79 Å². The minimum atomic E-state index is 0.211. The van der Waals surface area contributed by atoms with Gasteiger partial charge >= 0.3 is 0 Å². The third-order valence-electron chi connectivity index (χ3n) is 2.97. The molecular formula is C10H20N2O. The lowest BCUT2D eigenvalue weighted by molar-refractivity contribution is -0.122. The maximum Gasteiger partial charge on any atom is 0.209 e. The van der Waals surface area contributed by atoms with Crippen LogP contribution in [0.4, 0.5) is 0 Å². The van der Waals surface area contributed by atoms with E-state index in [9.17, 15) is 4.79 Å². The number of piperidine rings is 1. The van der Waals surface area contributed by atoms with E-state index in [1.165, 1.54) is 0 Å². The van der Waals surface area contributed by atoms with Crippen LogP contribution >= 0.6 is 0 Å². The number of nitrogens with zero attached hydrogens (tertiary/aromatic N) is 2. The molecule has 1 heterocycles. The Bertz CT molecular complexity index is 189. The zero-order chi connectivity index (χ0) is 10.1. The largest absolute Gasteiger partial charge is 0.345 e. The summed E-state index contributed by atoms with van der Waals surface area (Å²) in [5.41, 5.74) is 0.211. The van der Waals surface area contributed by atoms with Crippen molar-refractivity contribution in [2.24, 2.45) is 5.41 Å². The molecular weight excluding hydrogens is 164 g/mol. The standard InChI is InChI=1S/C10H20N2O/c1-10(2)7-12(8-13)6-5-9(10)11(3)4/h8-9H,5-7H2,1-4H3. The van der Waals surface area contributed by atoms with E-state index >= 15 is 0 Å². The summed E-state index contributed by atoms with van der Waals surface area (Å²) in [4.78, 5) is 14.8. The number of carbonyl (C=O) groups is 1. The molecule has 76 valence electrons. The summed E-state index contributed by atoms with van der Waals surface area (Å²) in [5, 5.41) is 0. The third kappa shape index (κ3) is 2.21. The van der Waals surface area contributed by atoms with E-state index in [1.54, 1.807) is 0 Å². The molecule has 0 aromatic heterocycles. The molecule has 0 aromatic rings. The van der Waals surface area contributed by atoms with Crippen molar-refractivity contribution in [1.29, 1.82) is 0 Å². The first-order valence-corrected chi connectivity index (χ1v) is 4.83. The van der Waals surface area contributed by atoms with Crippen LogP contribution in [-0.4, -0.2) is 49.4 Å². The molecule has 13 heavy (non-hydrogen) atoms. The molecule has 0 N–H and O–H groups in total. The van der Waals surface area contributed by atoms with E-state index in [-0.39, 0.29) is 5.41 Å². The highest BCUT2D eigenvalue weighted by molar-refractivity contribution is 5.47. The van der Waals surface area contributed by atoms with Crippen LogP contribution < -0.4 is 0 Å². The Morgan fingerprint density at radius 2 is 2.08 bits per heavy atom. The predicted molar refractivity (Wildman–Crippen MR) is 53.5 cm³/mol. The Morgan fingerprint density at radius 3 is 2.46 bits per heavy atom. The average molecular weight is 184 g/mol. The topological polar surface area (TPSA) is 23.6 Å². The number of carbonyl (C=O) groups excluding carboxylic acids is 1. The van der Waals surface area contributed by atoms with Crippen LogP contribution in [0.1, 0.15) is 20.3 Å². The molecule has 1 atom stereocenters. The van der Waals surface area contributed by atoms with Crippen molar-refractivity contribution in [2.75, 3.05) is 27.2 Å². The van der Waals surface area contributed by atoms with Gasteiger partial charge in [0.25, 0.3) is 0 Å². The molecule has 3 nitrogen and oxygen atoms in total. The molecule has 1 unspecified atom stereocenters. The van der Waals surface area contributed by atoms with Gasteiger partial charge < -0.3 is 9.80 Å². The average Bonchev–Trinajstić information content (AvgIpc) is 2.01. The number of likely N-dealkylation sites (tertiary alicyclic amines) is 1. The molecule has 1 aliphatic rings. The fourth-order valence-electron chi connectivity index (χ4n) is 2.43. The van der Waals surface area contributed by atoms with E-state index in [4.69, 9.17) is 0 Å². The molecule has 0 radical (unpaired) electrons. The highest BCUT2D eigenvalue weighted by Crippen LogP contribution is 2.31. The van der Waals surface area contributed by atoms with Gasteiger partial charge in [-0.1, -0.05) is 13.8 Å². The van der Waals surface area contributed by atoms with Crippen molar-refractivity contribution in [3.63, 3.8) is 0 Å². The first-order valence-electron chi connectivity index (χ1n) is 4.83. The van der Waals surface area contributed by atoms with Crippen LogP contribution in [0.5, 0.6) is 0 Å². The lowest BCUT2D eigenvalue weighted by Gasteiger charge is -2.45. The molecule has 0 aliphatic carbocycles. The zero-order valence-corrected chi connectivity index (χ0v) is 9.08. The minimum absolute atomic E-state index is 0.211. The van der Waals surface area contributed by atoms with E-state index in [0.29, 0.717) is 6.04 Å². The summed E-state index contributed by atoms with van der Waals surface area (Å²) in [5.74, 6) is 0. The third-order valence-corrected chi connectivity index (χ3v) is 2.97. The highest BCUT2D eigenvalue weighted by atomic mass is 16.1. The predicted octanol–water partition coefficient (Wildman–Crippen LogP) is 0.805. The first kappa shape index (κ1) is 10.5. The van der Waals surface area contributed by atoms with Crippen molar-refractivity contribution < 1.29 is 4.79 Å². The number of amides is 1. The fraction of sp³-hybridized carbons (Fsp3) is 0.900. The van der Waals surface area contributed by atoms with Crippen LogP contribution in [0.2, 0.25) is 0 Å². The second-order valence-electron chi connectivity index (χ2n) is 4.83. The molecule has 1 rings (SSSR count). The van der Waals surface area contributed by atoms with E-state index in [2.05, 4.69) is 32.8 Å². The van der Waals surface area contributed by atoms with Gasteiger partial charge in [0.15, 0.2) is 0 Å². The summed E-state index contributed by atoms with van der Waals surface area (Å²) in [7, 11) is 4.23. The molecule has 1 saturated heterocycles. The van der Waals surface area contributed by atoms with Crippen molar-refractivity contribution in [2.45, 2.75) is 26.3 Å². The molecule has 0 saturated carbocycles. The van der Waals surface area contributed by atoms with Crippen LogP contribution in [0.15, 0.2) is 0 Å². The lowest BCUT2D eigenvalue weighted by atomic mass is 9.78. The van der Waals surface area contributed by atoms with Gasteiger partial charge in [0.1, 0.15) is 0 Å². The van der Waals surface area contributed by atoms with Crippen molar-refractivity contribution >= 4 is 6.41 Å². The molecule has 3 heteroatoms. The SMILES string of the molecule is CN(C)C1CCN(C=O)CC1(C)C. The Balaban J connectivity index is 2.67. The van der Waals surface area contributed by atoms with Gasteiger partial charge in [0.2, 0.25) is 6.41 Å². The fourth-order valence-corrected chi connectivity index (χ4v) is 2.43. The highest BCUT2D eigenvalue weighted by Gasteiger charge is 2.36. The van der Waals surface area contributed by atoms with Crippen LogP contribution in [-0.2, 0) is 4.79 Å². The number of hydrogen-bond donors (Lipinski definition) is 0. The number of rotatable bonds is 2. The quantitative estimate of drug-likeness (QED) is 0.593. The second-order valence-corrected chi connectivity index (χ2v) is 4.83. The van der Waals surface area contributed by atoms with Gasteiger partial charge in [-0.15, -0.1) is 0 Å². The maximum absolute atomic E-state index is 10.6. The van der Waals surface area contributed by atoms with Crippen LogP contribution in [0.3, 0.4) is 0 Å². The molecule has 1 amide bonds. The molecule has 1 fully saturated rings. The van der Waals surface area contributed by atoms with Gasteiger partial charge in [-0.25, -0.2) is 0 Å². The van der Waals surface area contributed by atoms with Gasteiger partial charge in [-0.2, -0.15) is 0 Å². The smallest absolute Gasteiger partial charge is 0.209 e. The van der Waals surface area contributed by atoms with Crippen LogP contribution in [0.25, 0.3) is 0 Å². The molecule has 0 aromatic carbocycles. The molecule has 0 spiro atoms. The van der Waals surface area contributed by atoms with Gasteiger partial charge in [0.05, 0.1) is 0 Å². The van der Waals surface area contributed by atoms with Gasteiger partial charge in [0, 0.05) is 19.1 Å². The Morgan fingerprint density at radius 1 is 1.46 bits per heavy atom. The summed E-state index contributed by atoms with van der Waals surface area (Å²) < 4.78 is 0. The summed E-state index contributed by atoms with van der Waals surface area (Å²) in [6, 6.07) is 0.587. The van der Waals surface area contributed by atoms with Crippen molar-refractivity contribution in [1.82, 2.24) is 9.80 Å². The summed E-state index contributed by atoms with van der Waals surface area (Å²) >= 11 is 0. The monoisotopic (exact) mass is 184 g/mol. The minimum Gasteiger partial charge on any atom is -0.345 e. The Hall–Kier alpha value is -0.570. The molecule has 0 bridgehead atoms. The maximum atomic E-state index is 10.6. The van der Waals surface area contributed by atoms with E-state index in [1.807, 2.05) is 4.90 Å². The lowest BCUT2D eigenvalue weighted by Crippen LogP contribution is -2.53. The normalized spacial score (nSPS) is 27.8.